The number of halogens is 1. The van der Waals surface area contributed by atoms with E-state index in [1.54, 1.807) is 30.3 Å². The second-order valence-corrected chi connectivity index (χ2v) is 4.29. The van der Waals surface area contributed by atoms with Crippen molar-refractivity contribution in [1.29, 1.82) is 0 Å². The van der Waals surface area contributed by atoms with E-state index in [-0.39, 0.29) is 11.6 Å². The van der Waals surface area contributed by atoms with Gasteiger partial charge in [0.1, 0.15) is 5.82 Å². The molecule has 100 valence electrons. The van der Waals surface area contributed by atoms with E-state index in [0.29, 0.717) is 21.9 Å². The smallest absolute Gasteiger partial charge is 0.307 e. The number of aromatic nitrogens is 2. The number of ether oxygens (including phenoxy) is 1. The Bertz CT molecular complexity index is 843. The minimum atomic E-state index is -0.418. The molecule has 0 aliphatic carbocycles. The van der Waals surface area contributed by atoms with Gasteiger partial charge < -0.3 is 4.74 Å². The number of aromatic amines is 1. The summed E-state index contributed by atoms with van der Waals surface area (Å²) in [5, 5.41) is 7.30. The van der Waals surface area contributed by atoms with Crippen molar-refractivity contribution in [3.63, 3.8) is 0 Å². The Balaban J connectivity index is 2.39. The highest BCUT2D eigenvalue weighted by molar-refractivity contribution is 5.97. The van der Waals surface area contributed by atoms with Crippen molar-refractivity contribution < 1.29 is 9.13 Å². The van der Waals surface area contributed by atoms with E-state index in [4.69, 9.17) is 4.74 Å². The normalized spacial score (nSPS) is 10.7. The summed E-state index contributed by atoms with van der Waals surface area (Å²) in [6.45, 7) is 0. The average molecular weight is 270 g/mol. The maximum absolute atomic E-state index is 13.8. The fourth-order valence-electron chi connectivity index (χ4n) is 2.29. The monoisotopic (exact) mass is 270 g/mol. The van der Waals surface area contributed by atoms with Gasteiger partial charge in [0, 0.05) is 5.39 Å². The second kappa shape index (κ2) is 4.77. The molecule has 4 nitrogen and oxygen atoms in total. The van der Waals surface area contributed by atoms with E-state index in [0.717, 1.165) is 0 Å². The minimum Gasteiger partial charge on any atom is -0.491 e. The maximum atomic E-state index is 13.8. The average Bonchev–Trinajstić information content (AvgIpc) is 2.47. The summed E-state index contributed by atoms with van der Waals surface area (Å²) in [5.74, 6) is -0.141. The molecule has 0 atom stereocenters. The first-order valence-electron chi connectivity index (χ1n) is 6.01. The molecule has 3 rings (SSSR count). The van der Waals surface area contributed by atoms with Crippen molar-refractivity contribution in [2.24, 2.45) is 0 Å². The van der Waals surface area contributed by atoms with Crippen LogP contribution in [0, 0.1) is 5.82 Å². The number of hydrogen-bond acceptors (Lipinski definition) is 3. The van der Waals surface area contributed by atoms with E-state index in [2.05, 4.69) is 10.2 Å². The van der Waals surface area contributed by atoms with Crippen LogP contribution in [0.4, 0.5) is 4.39 Å². The minimum absolute atomic E-state index is 0.164. The largest absolute Gasteiger partial charge is 0.491 e. The Morgan fingerprint density at radius 1 is 1.10 bits per heavy atom. The first kappa shape index (κ1) is 12.3. The molecule has 0 aliphatic heterocycles. The van der Waals surface area contributed by atoms with Crippen molar-refractivity contribution in [3.05, 3.63) is 58.8 Å². The van der Waals surface area contributed by atoms with Gasteiger partial charge in [-0.2, -0.15) is 5.10 Å². The van der Waals surface area contributed by atoms with Gasteiger partial charge in [-0.3, -0.25) is 4.79 Å². The lowest BCUT2D eigenvalue weighted by molar-refractivity contribution is 0.408. The van der Waals surface area contributed by atoms with Crippen LogP contribution >= 0.6 is 0 Å². The fourth-order valence-corrected chi connectivity index (χ4v) is 2.29. The van der Waals surface area contributed by atoms with Gasteiger partial charge in [-0.1, -0.05) is 30.3 Å². The highest BCUT2D eigenvalue weighted by Crippen LogP contribution is 2.33. The Morgan fingerprint density at radius 2 is 1.85 bits per heavy atom. The molecular formula is C15H11FN2O2. The molecule has 5 heteroatoms. The SMILES string of the molecule is COc1c(-c2cccc3c(F)cccc23)cn[nH]c1=O. The van der Waals surface area contributed by atoms with Gasteiger partial charge in [0.2, 0.25) is 0 Å². The van der Waals surface area contributed by atoms with E-state index >= 15 is 0 Å². The molecule has 0 saturated carbocycles. The number of hydrogen-bond donors (Lipinski definition) is 1. The summed E-state index contributed by atoms with van der Waals surface area (Å²) in [6, 6.07) is 10.1. The molecule has 1 N–H and O–H groups in total. The van der Waals surface area contributed by atoms with Gasteiger partial charge in [-0.15, -0.1) is 0 Å². The molecule has 0 unspecified atom stereocenters. The number of fused-ring (bicyclic) bond motifs is 1. The van der Waals surface area contributed by atoms with Gasteiger partial charge in [-0.25, -0.2) is 9.49 Å². The lowest BCUT2D eigenvalue weighted by Gasteiger charge is -2.10. The van der Waals surface area contributed by atoms with Crippen LogP contribution in [0.2, 0.25) is 0 Å². The van der Waals surface area contributed by atoms with Crippen LogP contribution in [0.25, 0.3) is 21.9 Å². The summed E-state index contributed by atoms with van der Waals surface area (Å²) in [5.41, 5.74) is 0.823. The van der Waals surface area contributed by atoms with Crippen LogP contribution in [-0.4, -0.2) is 17.3 Å². The van der Waals surface area contributed by atoms with Gasteiger partial charge in [-0.05, 0) is 17.0 Å². The summed E-state index contributed by atoms with van der Waals surface area (Å²) in [6.07, 6.45) is 1.50. The Labute approximate surface area is 113 Å². The van der Waals surface area contributed by atoms with Crippen LogP contribution in [0.1, 0.15) is 0 Å². The van der Waals surface area contributed by atoms with Crippen LogP contribution in [-0.2, 0) is 0 Å². The Morgan fingerprint density at radius 3 is 2.65 bits per heavy atom. The molecule has 0 bridgehead atoms. The molecule has 0 spiro atoms. The molecule has 0 saturated heterocycles. The van der Waals surface area contributed by atoms with Crippen LogP contribution in [0.15, 0.2) is 47.4 Å². The van der Waals surface area contributed by atoms with Crippen molar-refractivity contribution in [2.45, 2.75) is 0 Å². The van der Waals surface area contributed by atoms with Gasteiger partial charge in [0.25, 0.3) is 0 Å². The third kappa shape index (κ3) is 1.84. The molecule has 1 heterocycles. The summed E-state index contributed by atoms with van der Waals surface area (Å²) in [7, 11) is 1.42. The van der Waals surface area contributed by atoms with Gasteiger partial charge in [0.05, 0.1) is 18.9 Å². The molecule has 0 radical (unpaired) electrons. The van der Waals surface area contributed by atoms with Crippen molar-refractivity contribution in [3.8, 4) is 16.9 Å². The van der Waals surface area contributed by atoms with E-state index in [1.165, 1.54) is 19.4 Å². The predicted octanol–water partition coefficient (Wildman–Crippen LogP) is 2.74. The highest BCUT2D eigenvalue weighted by Gasteiger charge is 2.13. The van der Waals surface area contributed by atoms with Crippen LogP contribution < -0.4 is 10.3 Å². The first-order valence-corrected chi connectivity index (χ1v) is 6.01. The zero-order chi connectivity index (χ0) is 14.1. The highest BCUT2D eigenvalue weighted by atomic mass is 19.1. The topological polar surface area (TPSA) is 55.0 Å². The molecule has 0 amide bonds. The fraction of sp³-hybridized carbons (Fsp3) is 0.0667. The Hall–Kier alpha value is -2.69. The predicted molar refractivity (Wildman–Crippen MR) is 74.3 cm³/mol. The zero-order valence-corrected chi connectivity index (χ0v) is 10.7. The van der Waals surface area contributed by atoms with E-state index in [9.17, 15) is 9.18 Å². The number of nitrogens with zero attached hydrogens (tertiary/aromatic N) is 1. The number of benzene rings is 2. The lowest BCUT2D eigenvalue weighted by atomic mass is 9.99. The molecular weight excluding hydrogens is 259 g/mol. The van der Waals surface area contributed by atoms with Crippen LogP contribution in [0.3, 0.4) is 0 Å². The summed E-state index contributed by atoms with van der Waals surface area (Å²) < 4.78 is 19.0. The standard InChI is InChI=1S/C15H11FN2O2/c1-20-14-12(8-17-18-15(14)19)10-4-2-6-11-9(10)5-3-7-13(11)16/h2-8H,1H3,(H,18,19). The molecule has 1 aromatic heterocycles. The summed E-state index contributed by atoms with van der Waals surface area (Å²) in [4.78, 5) is 11.7. The zero-order valence-electron chi connectivity index (χ0n) is 10.7. The second-order valence-electron chi connectivity index (χ2n) is 4.29. The third-order valence-electron chi connectivity index (χ3n) is 3.17. The van der Waals surface area contributed by atoms with E-state index < -0.39 is 5.56 Å². The molecule has 0 aliphatic rings. The van der Waals surface area contributed by atoms with E-state index in [1.807, 2.05) is 0 Å². The molecule has 20 heavy (non-hydrogen) atoms. The third-order valence-corrected chi connectivity index (χ3v) is 3.17. The quantitative estimate of drug-likeness (QED) is 0.779. The lowest BCUT2D eigenvalue weighted by Crippen LogP contribution is -2.11. The number of methoxy groups -OCH3 is 1. The van der Waals surface area contributed by atoms with Crippen molar-refractivity contribution in [2.75, 3.05) is 7.11 Å². The maximum Gasteiger partial charge on any atom is 0.307 e. The summed E-state index contributed by atoms with van der Waals surface area (Å²) >= 11 is 0. The van der Waals surface area contributed by atoms with Crippen molar-refractivity contribution >= 4 is 10.8 Å². The Kier molecular flexibility index (Phi) is 2.95. The molecule has 0 fully saturated rings. The first-order chi connectivity index (χ1) is 9.72. The number of H-pyrrole nitrogens is 1. The van der Waals surface area contributed by atoms with Gasteiger partial charge in [0.15, 0.2) is 5.75 Å². The van der Waals surface area contributed by atoms with Crippen LogP contribution in [0.5, 0.6) is 5.75 Å². The number of nitrogens with one attached hydrogen (secondary N) is 1. The molecule has 2 aromatic carbocycles. The molecule has 3 aromatic rings. The van der Waals surface area contributed by atoms with Gasteiger partial charge >= 0.3 is 5.56 Å². The van der Waals surface area contributed by atoms with Crippen molar-refractivity contribution in [1.82, 2.24) is 10.2 Å². The number of rotatable bonds is 2.